The minimum absolute atomic E-state index is 0.278. The first-order chi connectivity index (χ1) is 7.79. The molecule has 0 radical (unpaired) electrons. The van der Waals surface area contributed by atoms with E-state index in [1.54, 1.807) is 12.1 Å². The van der Waals surface area contributed by atoms with Crippen molar-refractivity contribution in [2.75, 3.05) is 0 Å². The Hall–Kier alpha value is 0.0800. The first-order valence-electron chi connectivity index (χ1n) is 4.62. The Labute approximate surface area is 124 Å². The first-order valence-corrected chi connectivity index (χ1v) is 6.51. The van der Waals surface area contributed by atoms with Crippen LogP contribution in [0.3, 0.4) is 0 Å². The van der Waals surface area contributed by atoms with Gasteiger partial charge < -0.3 is 0 Å². The third-order valence-corrected chi connectivity index (χ3v) is 3.63. The third-order valence-electron chi connectivity index (χ3n) is 2.33. The fraction of sp³-hybridized carbons (Fsp3) is 0.182. The molecule has 0 aliphatic carbocycles. The second-order valence-corrected chi connectivity index (χ2v) is 6.70. The van der Waals surface area contributed by atoms with E-state index in [4.69, 9.17) is 58.0 Å². The molecule has 90 valence electrons. The van der Waals surface area contributed by atoms with Gasteiger partial charge in [0, 0.05) is 10.4 Å². The molecule has 1 aromatic carbocycles. The summed E-state index contributed by atoms with van der Waals surface area (Å²) in [5.41, 5.74) is 1.80. The number of nitrogens with zero attached hydrogens (tertiary/aromatic N) is 1. The lowest BCUT2D eigenvalue weighted by molar-refractivity contribution is 1.12. The van der Waals surface area contributed by atoms with Crippen LogP contribution in [-0.2, 0) is 3.79 Å². The normalized spacial score (nSPS) is 12.1. The van der Waals surface area contributed by atoms with Gasteiger partial charge in [-0.15, -0.1) is 0 Å². The molecule has 0 spiro atoms. The average Bonchev–Trinajstić information content (AvgIpc) is 2.19. The van der Waals surface area contributed by atoms with Gasteiger partial charge in [-0.2, -0.15) is 0 Å². The molecule has 0 amide bonds. The van der Waals surface area contributed by atoms with Crippen molar-refractivity contribution in [2.45, 2.75) is 10.7 Å². The van der Waals surface area contributed by atoms with Gasteiger partial charge in [-0.3, -0.25) is 0 Å². The zero-order valence-electron chi connectivity index (χ0n) is 8.57. The van der Waals surface area contributed by atoms with Crippen molar-refractivity contribution in [1.29, 1.82) is 0 Å². The average molecular weight is 329 g/mol. The summed E-state index contributed by atoms with van der Waals surface area (Å²) in [4.78, 5) is 4.24. The van der Waals surface area contributed by atoms with Crippen molar-refractivity contribution in [3.8, 4) is 0 Å². The maximum atomic E-state index is 6.13. The molecule has 6 heteroatoms. The highest BCUT2D eigenvalue weighted by molar-refractivity contribution is 6.66. The van der Waals surface area contributed by atoms with Gasteiger partial charge in [-0.05, 0) is 30.7 Å². The Morgan fingerprint density at radius 2 is 1.65 bits per heavy atom. The Kier molecular flexibility index (Phi) is 3.69. The number of hydrogen-bond acceptors (Lipinski definition) is 1. The summed E-state index contributed by atoms with van der Waals surface area (Å²) in [5, 5.41) is 1.87. The fourth-order valence-corrected chi connectivity index (χ4v) is 2.16. The Balaban J connectivity index is 2.78. The fourth-order valence-electron chi connectivity index (χ4n) is 1.46. The van der Waals surface area contributed by atoms with Gasteiger partial charge in [-0.1, -0.05) is 58.0 Å². The lowest BCUT2D eigenvalue weighted by Gasteiger charge is -2.12. The van der Waals surface area contributed by atoms with Gasteiger partial charge in [0.1, 0.15) is 0 Å². The van der Waals surface area contributed by atoms with Crippen LogP contribution in [0, 0.1) is 6.92 Å². The molecule has 2 aromatic rings. The van der Waals surface area contributed by atoms with Gasteiger partial charge in [0.05, 0.1) is 16.2 Å². The predicted octanol–water partition coefficient (Wildman–Crippen LogP) is 5.68. The highest BCUT2D eigenvalue weighted by Crippen LogP contribution is 2.40. The Morgan fingerprint density at radius 3 is 2.24 bits per heavy atom. The monoisotopic (exact) mass is 327 g/mol. The summed E-state index contributed by atoms with van der Waals surface area (Å²) in [6, 6.07) is 5.11. The maximum Gasteiger partial charge on any atom is 0.232 e. The first kappa shape index (κ1) is 13.5. The highest BCUT2D eigenvalue weighted by Gasteiger charge is 2.25. The van der Waals surface area contributed by atoms with E-state index in [-0.39, 0.29) is 5.69 Å². The number of halogens is 5. The molecule has 0 unspecified atom stereocenters. The van der Waals surface area contributed by atoms with E-state index < -0.39 is 3.79 Å². The second-order valence-electron chi connectivity index (χ2n) is 3.61. The molecule has 17 heavy (non-hydrogen) atoms. The van der Waals surface area contributed by atoms with Gasteiger partial charge >= 0.3 is 0 Å². The van der Waals surface area contributed by atoms with Crippen LogP contribution in [0.2, 0.25) is 10.0 Å². The van der Waals surface area contributed by atoms with Crippen LogP contribution in [0.4, 0.5) is 0 Å². The summed E-state index contributed by atoms with van der Waals surface area (Å²) >= 11 is 29.5. The number of pyridine rings is 1. The largest absolute Gasteiger partial charge is 0.248 e. The summed E-state index contributed by atoms with van der Waals surface area (Å²) < 4.78 is -1.60. The Morgan fingerprint density at radius 1 is 1.00 bits per heavy atom. The van der Waals surface area contributed by atoms with E-state index >= 15 is 0 Å². The van der Waals surface area contributed by atoms with E-state index in [9.17, 15) is 0 Å². The smallest absolute Gasteiger partial charge is 0.232 e. The predicted molar refractivity (Wildman–Crippen MR) is 75.7 cm³/mol. The van der Waals surface area contributed by atoms with Crippen molar-refractivity contribution in [2.24, 2.45) is 0 Å². The number of fused-ring (bicyclic) bond motifs is 1. The molecule has 0 atom stereocenters. The minimum Gasteiger partial charge on any atom is -0.248 e. The van der Waals surface area contributed by atoms with E-state index in [0.29, 0.717) is 15.6 Å². The lowest BCUT2D eigenvalue weighted by atomic mass is 10.1. The van der Waals surface area contributed by atoms with Crippen LogP contribution in [0.15, 0.2) is 18.2 Å². The van der Waals surface area contributed by atoms with Crippen LogP contribution in [0.5, 0.6) is 0 Å². The number of benzene rings is 1. The molecule has 0 N–H and O–H groups in total. The molecular formula is C11H6Cl5N. The van der Waals surface area contributed by atoms with Crippen LogP contribution in [0.25, 0.3) is 10.9 Å². The van der Waals surface area contributed by atoms with E-state index in [1.165, 1.54) is 0 Å². The summed E-state index contributed by atoms with van der Waals surface area (Å²) in [6.45, 7) is 1.89. The molecule has 0 aliphatic rings. The molecule has 1 aromatic heterocycles. The third kappa shape index (κ3) is 2.74. The van der Waals surface area contributed by atoms with Crippen LogP contribution in [-0.4, -0.2) is 4.98 Å². The zero-order valence-corrected chi connectivity index (χ0v) is 12.3. The maximum absolute atomic E-state index is 6.13. The molecule has 2 rings (SSSR count). The lowest BCUT2D eigenvalue weighted by Crippen LogP contribution is -2.03. The highest BCUT2D eigenvalue weighted by atomic mass is 35.6. The zero-order chi connectivity index (χ0) is 12.8. The van der Waals surface area contributed by atoms with Crippen molar-refractivity contribution in [3.63, 3.8) is 0 Å². The van der Waals surface area contributed by atoms with E-state index in [1.807, 2.05) is 13.0 Å². The number of aryl methyl sites for hydroxylation is 1. The number of alkyl halides is 3. The van der Waals surface area contributed by atoms with Crippen molar-refractivity contribution < 1.29 is 0 Å². The molecule has 1 heterocycles. The van der Waals surface area contributed by atoms with Crippen molar-refractivity contribution in [3.05, 3.63) is 39.5 Å². The summed E-state index contributed by atoms with van der Waals surface area (Å²) in [7, 11) is 0. The molecule has 0 saturated carbocycles. The van der Waals surface area contributed by atoms with Crippen molar-refractivity contribution >= 4 is 68.9 Å². The van der Waals surface area contributed by atoms with Crippen molar-refractivity contribution in [1.82, 2.24) is 4.98 Å². The van der Waals surface area contributed by atoms with Crippen LogP contribution >= 0.6 is 58.0 Å². The molecule has 1 nitrogen and oxygen atoms in total. The van der Waals surface area contributed by atoms with E-state index in [0.717, 1.165) is 10.9 Å². The second kappa shape index (κ2) is 4.64. The molecule has 0 saturated heterocycles. The van der Waals surface area contributed by atoms with Gasteiger partial charge in [-0.25, -0.2) is 4.98 Å². The quantitative estimate of drug-likeness (QED) is 0.567. The number of hydrogen-bond donors (Lipinski definition) is 0. The van der Waals surface area contributed by atoms with Crippen LogP contribution in [0.1, 0.15) is 11.3 Å². The van der Waals surface area contributed by atoms with Gasteiger partial charge in [0.25, 0.3) is 0 Å². The molecular weight excluding hydrogens is 323 g/mol. The molecule has 0 aliphatic heterocycles. The summed E-state index contributed by atoms with van der Waals surface area (Å²) in [6.07, 6.45) is 0. The molecule has 0 bridgehead atoms. The van der Waals surface area contributed by atoms with Crippen LogP contribution < -0.4 is 0 Å². The standard InChI is InChI=1S/C11H6Cl5N/c1-5-2-6-8(13)4-10(11(14,15)16)17-9(6)3-7(5)12/h2-4H,1H3. The van der Waals surface area contributed by atoms with E-state index in [2.05, 4.69) is 4.98 Å². The topological polar surface area (TPSA) is 12.9 Å². The minimum atomic E-state index is -1.60. The van der Waals surface area contributed by atoms with Gasteiger partial charge in [0.2, 0.25) is 3.79 Å². The number of rotatable bonds is 0. The molecule has 0 fully saturated rings. The summed E-state index contributed by atoms with van der Waals surface area (Å²) in [5.74, 6) is 0. The van der Waals surface area contributed by atoms with Gasteiger partial charge in [0.15, 0.2) is 0 Å². The Bertz CT molecular complexity index is 588. The number of aromatic nitrogens is 1. The SMILES string of the molecule is Cc1cc2c(Cl)cc(C(Cl)(Cl)Cl)nc2cc1Cl.